The van der Waals surface area contributed by atoms with E-state index in [9.17, 15) is 18.3 Å². The number of aromatic carboxylic acids is 1. The predicted octanol–water partition coefficient (Wildman–Crippen LogP) is 5.39. The molecule has 3 aromatic carbocycles. The highest BCUT2D eigenvalue weighted by molar-refractivity contribution is 7.89. The van der Waals surface area contributed by atoms with Crippen molar-refractivity contribution in [1.82, 2.24) is 4.31 Å². The lowest BCUT2D eigenvalue weighted by molar-refractivity contribution is 0.0693. The quantitative estimate of drug-likeness (QED) is 0.450. The van der Waals surface area contributed by atoms with Crippen molar-refractivity contribution in [3.63, 3.8) is 0 Å². The third-order valence-electron chi connectivity index (χ3n) is 5.17. The molecule has 0 aliphatic carbocycles. The molecule has 0 saturated heterocycles. The molecule has 1 unspecified atom stereocenters. The second-order valence-electron chi connectivity index (χ2n) is 7.18. The number of benzene rings is 3. The summed E-state index contributed by atoms with van der Waals surface area (Å²) in [5, 5.41) is 9.97. The SMILES string of the molecule is CCC(c1ccccc1)N(Cc1ccc(OC)c(C(=O)O)c1)S(=O)(=O)c1ccc(Cl)cc1. The van der Waals surface area contributed by atoms with E-state index in [1.165, 1.54) is 47.8 Å². The van der Waals surface area contributed by atoms with E-state index in [4.69, 9.17) is 16.3 Å². The van der Waals surface area contributed by atoms with E-state index in [2.05, 4.69) is 0 Å². The van der Waals surface area contributed by atoms with Crippen LogP contribution in [-0.2, 0) is 16.6 Å². The second kappa shape index (κ2) is 10.2. The van der Waals surface area contributed by atoms with E-state index < -0.39 is 22.0 Å². The van der Waals surface area contributed by atoms with Gasteiger partial charge in [0.15, 0.2) is 0 Å². The lowest BCUT2D eigenvalue weighted by Crippen LogP contribution is -2.34. The number of nitrogens with zero attached hydrogens (tertiary/aromatic N) is 1. The molecule has 6 nitrogen and oxygen atoms in total. The van der Waals surface area contributed by atoms with Gasteiger partial charge in [0.1, 0.15) is 11.3 Å². The van der Waals surface area contributed by atoms with Gasteiger partial charge in [-0.25, -0.2) is 13.2 Å². The smallest absolute Gasteiger partial charge is 0.339 e. The topological polar surface area (TPSA) is 83.9 Å². The van der Waals surface area contributed by atoms with Crippen LogP contribution in [-0.4, -0.2) is 30.9 Å². The molecule has 1 N–H and O–H groups in total. The van der Waals surface area contributed by atoms with Crippen molar-refractivity contribution in [3.05, 3.63) is 94.5 Å². The number of ether oxygens (including phenoxy) is 1. The van der Waals surface area contributed by atoms with Crippen molar-refractivity contribution in [2.75, 3.05) is 7.11 Å². The van der Waals surface area contributed by atoms with Crippen molar-refractivity contribution in [2.24, 2.45) is 0 Å². The molecule has 0 amide bonds. The predicted molar refractivity (Wildman–Crippen MR) is 124 cm³/mol. The number of carboxylic acid groups (broad SMARTS) is 1. The Hall–Kier alpha value is -2.87. The van der Waals surface area contributed by atoms with E-state index in [1.807, 2.05) is 37.3 Å². The third kappa shape index (κ3) is 5.12. The van der Waals surface area contributed by atoms with Gasteiger partial charge in [0.05, 0.1) is 18.0 Å². The first-order valence-corrected chi connectivity index (χ1v) is 11.8. The first-order valence-electron chi connectivity index (χ1n) is 10.0. The van der Waals surface area contributed by atoms with Crippen LogP contribution in [0.15, 0.2) is 77.7 Å². The standard InChI is InChI=1S/C24H24ClNO5S/c1-3-22(18-7-5-4-6-8-18)26(32(29,30)20-12-10-19(25)11-13-20)16-17-9-14-23(31-2)21(15-17)24(27)28/h4-15,22H,3,16H2,1-2H3,(H,27,28). The maximum atomic E-state index is 13.7. The number of rotatable bonds is 9. The van der Waals surface area contributed by atoms with E-state index in [0.29, 0.717) is 17.0 Å². The number of carbonyl (C=O) groups is 1. The molecular weight excluding hydrogens is 450 g/mol. The van der Waals surface area contributed by atoms with E-state index in [1.54, 1.807) is 6.07 Å². The Morgan fingerprint density at radius 2 is 1.72 bits per heavy atom. The molecule has 0 bridgehead atoms. The van der Waals surface area contributed by atoms with E-state index in [0.717, 1.165) is 5.56 Å². The number of hydrogen-bond donors (Lipinski definition) is 1. The van der Waals surface area contributed by atoms with Crippen LogP contribution in [0, 0.1) is 0 Å². The number of halogens is 1. The average Bonchev–Trinajstić information content (AvgIpc) is 2.79. The maximum absolute atomic E-state index is 13.7. The van der Waals surface area contributed by atoms with E-state index in [-0.39, 0.29) is 22.8 Å². The van der Waals surface area contributed by atoms with Crippen molar-refractivity contribution >= 4 is 27.6 Å². The Bertz CT molecular complexity index is 1180. The lowest BCUT2D eigenvalue weighted by atomic mass is 10.0. The Morgan fingerprint density at radius 3 is 2.28 bits per heavy atom. The largest absolute Gasteiger partial charge is 0.496 e. The average molecular weight is 474 g/mol. The maximum Gasteiger partial charge on any atom is 0.339 e. The van der Waals surface area contributed by atoms with Crippen molar-refractivity contribution in [1.29, 1.82) is 0 Å². The van der Waals surface area contributed by atoms with Crippen LogP contribution in [0.1, 0.15) is 40.9 Å². The van der Waals surface area contributed by atoms with Gasteiger partial charge in [-0.05, 0) is 53.9 Å². The highest BCUT2D eigenvalue weighted by Gasteiger charge is 2.32. The minimum atomic E-state index is -3.93. The molecule has 0 heterocycles. The molecule has 32 heavy (non-hydrogen) atoms. The third-order valence-corrected chi connectivity index (χ3v) is 7.29. The van der Waals surface area contributed by atoms with Gasteiger partial charge in [0.25, 0.3) is 0 Å². The Balaban J connectivity index is 2.11. The van der Waals surface area contributed by atoms with Crippen molar-refractivity contribution in [3.8, 4) is 5.75 Å². The van der Waals surface area contributed by atoms with Gasteiger partial charge in [0, 0.05) is 11.6 Å². The summed E-state index contributed by atoms with van der Waals surface area (Å²) in [7, 11) is -2.54. The van der Waals surface area contributed by atoms with Gasteiger partial charge in [-0.15, -0.1) is 0 Å². The monoisotopic (exact) mass is 473 g/mol. The number of sulfonamides is 1. The molecule has 3 aromatic rings. The molecule has 0 spiro atoms. The van der Waals surface area contributed by atoms with Gasteiger partial charge in [0.2, 0.25) is 10.0 Å². The van der Waals surface area contributed by atoms with Crippen LogP contribution in [0.5, 0.6) is 5.75 Å². The van der Waals surface area contributed by atoms with Crippen molar-refractivity contribution < 1.29 is 23.1 Å². The van der Waals surface area contributed by atoms with Gasteiger partial charge >= 0.3 is 5.97 Å². The minimum absolute atomic E-state index is 0.0113. The first-order chi connectivity index (χ1) is 15.3. The summed E-state index contributed by atoms with van der Waals surface area (Å²) in [6.45, 7) is 1.90. The molecule has 168 valence electrons. The zero-order valence-corrected chi connectivity index (χ0v) is 19.3. The molecular formula is C24H24ClNO5S. The van der Waals surface area contributed by atoms with Gasteiger partial charge in [-0.1, -0.05) is 54.9 Å². The summed E-state index contributed by atoms with van der Waals surface area (Å²) in [4.78, 5) is 11.8. The zero-order valence-electron chi connectivity index (χ0n) is 17.7. The molecule has 8 heteroatoms. The molecule has 0 aliphatic heterocycles. The van der Waals surface area contributed by atoms with Crippen LogP contribution < -0.4 is 4.74 Å². The Kier molecular flexibility index (Phi) is 7.56. The van der Waals surface area contributed by atoms with Gasteiger partial charge < -0.3 is 9.84 Å². The normalized spacial score (nSPS) is 12.5. The number of carboxylic acids is 1. The molecule has 3 rings (SSSR count). The molecule has 1 atom stereocenters. The zero-order chi connectivity index (χ0) is 23.3. The fourth-order valence-corrected chi connectivity index (χ4v) is 5.39. The summed E-state index contributed by atoms with van der Waals surface area (Å²) >= 11 is 5.96. The fourth-order valence-electron chi connectivity index (χ4n) is 3.59. The van der Waals surface area contributed by atoms with Crippen LogP contribution in [0.3, 0.4) is 0 Å². The van der Waals surface area contributed by atoms with Crippen molar-refractivity contribution in [2.45, 2.75) is 30.8 Å². The highest BCUT2D eigenvalue weighted by Crippen LogP contribution is 2.33. The molecule has 0 aromatic heterocycles. The van der Waals surface area contributed by atoms with Crippen LogP contribution >= 0.6 is 11.6 Å². The highest BCUT2D eigenvalue weighted by atomic mass is 35.5. The fraction of sp³-hybridized carbons (Fsp3) is 0.208. The summed E-state index contributed by atoms with van der Waals surface area (Å²) in [5.74, 6) is -0.936. The summed E-state index contributed by atoms with van der Waals surface area (Å²) in [6, 6.07) is 19.6. The molecule has 0 aliphatic rings. The Morgan fingerprint density at radius 1 is 1.06 bits per heavy atom. The lowest BCUT2D eigenvalue weighted by Gasteiger charge is -2.31. The molecule has 0 saturated carbocycles. The second-order valence-corrected chi connectivity index (χ2v) is 9.51. The summed E-state index contributed by atoms with van der Waals surface area (Å²) in [5.41, 5.74) is 1.36. The van der Waals surface area contributed by atoms with Gasteiger partial charge in [-0.2, -0.15) is 4.31 Å². The van der Waals surface area contributed by atoms with E-state index >= 15 is 0 Å². The molecule has 0 radical (unpaired) electrons. The summed E-state index contributed by atoms with van der Waals surface area (Å²) in [6.07, 6.45) is 0.527. The Labute approximate surface area is 193 Å². The van der Waals surface area contributed by atoms with Crippen LogP contribution in [0.25, 0.3) is 0 Å². The number of hydrogen-bond acceptors (Lipinski definition) is 4. The van der Waals surface area contributed by atoms with Crippen LogP contribution in [0.4, 0.5) is 0 Å². The van der Waals surface area contributed by atoms with Crippen LogP contribution in [0.2, 0.25) is 5.02 Å². The number of methoxy groups -OCH3 is 1. The first kappa shape index (κ1) is 23.8. The minimum Gasteiger partial charge on any atom is -0.496 e. The molecule has 0 fully saturated rings. The van der Waals surface area contributed by atoms with Gasteiger partial charge in [-0.3, -0.25) is 0 Å². The summed E-state index contributed by atoms with van der Waals surface area (Å²) < 4.78 is 33.9.